The van der Waals surface area contributed by atoms with Crippen LogP contribution < -0.4 is 5.73 Å². The van der Waals surface area contributed by atoms with Crippen LogP contribution in [0.25, 0.3) is 5.57 Å². The summed E-state index contributed by atoms with van der Waals surface area (Å²) >= 11 is 0. The molecule has 1 aliphatic carbocycles. The first kappa shape index (κ1) is 11.7. The molecule has 0 saturated heterocycles. The van der Waals surface area contributed by atoms with E-state index >= 15 is 0 Å². The van der Waals surface area contributed by atoms with Crippen LogP contribution in [0.1, 0.15) is 25.0 Å². The van der Waals surface area contributed by atoms with Crippen LogP contribution in [0.3, 0.4) is 0 Å². The van der Waals surface area contributed by atoms with E-state index in [9.17, 15) is 0 Å². The van der Waals surface area contributed by atoms with Gasteiger partial charge in [0.05, 0.1) is 0 Å². The Morgan fingerprint density at radius 2 is 1.94 bits per heavy atom. The van der Waals surface area contributed by atoms with Crippen LogP contribution in [0.5, 0.6) is 0 Å². The Hall–Kier alpha value is -1.76. The Kier molecular flexibility index (Phi) is 3.19. The second-order valence-corrected chi connectivity index (χ2v) is 4.71. The minimum atomic E-state index is 0.442. The van der Waals surface area contributed by atoms with E-state index in [1.165, 1.54) is 22.3 Å². The van der Waals surface area contributed by atoms with Gasteiger partial charge in [-0.2, -0.15) is 0 Å². The summed E-state index contributed by atoms with van der Waals surface area (Å²) < 4.78 is 0. The highest BCUT2D eigenvalue weighted by atomic mass is 14.6. The van der Waals surface area contributed by atoms with Crippen molar-refractivity contribution in [2.75, 3.05) is 5.73 Å². The van der Waals surface area contributed by atoms with E-state index in [4.69, 9.17) is 5.73 Å². The molecule has 0 unspecified atom stereocenters. The SMILES string of the molecule is CC1=CC=C[C@@H](C)C=C1c1c(C)cccc1N. The van der Waals surface area contributed by atoms with Crippen molar-refractivity contribution in [1.82, 2.24) is 0 Å². The molecule has 1 aromatic rings. The third-order valence-electron chi connectivity index (χ3n) is 3.19. The molecule has 0 amide bonds. The molecule has 2 N–H and O–H groups in total. The molecule has 1 aliphatic rings. The van der Waals surface area contributed by atoms with Crippen molar-refractivity contribution in [3.05, 3.63) is 59.2 Å². The van der Waals surface area contributed by atoms with Gasteiger partial charge >= 0.3 is 0 Å². The molecule has 0 radical (unpaired) electrons. The van der Waals surface area contributed by atoms with Gasteiger partial charge in [0, 0.05) is 11.3 Å². The number of nitrogens with two attached hydrogens (primary N) is 1. The van der Waals surface area contributed by atoms with Gasteiger partial charge in [0.15, 0.2) is 0 Å². The first-order valence-electron chi connectivity index (χ1n) is 6.02. The summed E-state index contributed by atoms with van der Waals surface area (Å²) in [6.45, 7) is 6.44. The maximum absolute atomic E-state index is 6.12. The lowest BCUT2D eigenvalue weighted by molar-refractivity contribution is 0.944. The van der Waals surface area contributed by atoms with Gasteiger partial charge in [-0.15, -0.1) is 0 Å². The highest BCUT2D eigenvalue weighted by molar-refractivity contribution is 5.87. The van der Waals surface area contributed by atoms with E-state index in [1.807, 2.05) is 12.1 Å². The largest absolute Gasteiger partial charge is 0.398 e. The summed E-state index contributed by atoms with van der Waals surface area (Å²) in [5.74, 6) is 0.442. The van der Waals surface area contributed by atoms with Crippen molar-refractivity contribution in [3.63, 3.8) is 0 Å². The molecule has 0 heterocycles. The average Bonchev–Trinajstić information content (AvgIpc) is 2.41. The van der Waals surface area contributed by atoms with Gasteiger partial charge in [0.25, 0.3) is 0 Å². The molecular formula is C16H19N. The van der Waals surface area contributed by atoms with E-state index in [0.717, 1.165) is 5.69 Å². The number of hydrogen-bond donors (Lipinski definition) is 1. The Balaban J connectivity index is 2.60. The molecule has 17 heavy (non-hydrogen) atoms. The predicted molar refractivity (Wildman–Crippen MR) is 75.6 cm³/mol. The fraction of sp³-hybridized carbons (Fsp3) is 0.250. The molecular weight excluding hydrogens is 206 g/mol. The highest BCUT2D eigenvalue weighted by Gasteiger charge is 2.12. The fourth-order valence-corrected chi connectivity index (χ4v) is 2.25. The fourth-order valence-electron chi connectivity index (χ4n) is 2.25. The average molecular weight is 225 g/mol. The lowest BCUT2D eigenvalue weighted by Gasteiger charge is -2.14. The number of rotatable bonds is 1. The van der Waals surface area contributed by atoms with Crippen molar-refractivity contribution < 1.29 is 0 Å². The van der Waals surface area contributed by atoms with Crippen LogP contribution in [-0.4, -0.2) is 0 Å². The maximum atomic E-state index is 6.12. The third kappa shape index (κ3) is 2.33. The summed E-state index contributed by atoms with van der Waals surface area (Å²) in [7, 11) is 0. The lowest BCUT2D eigenvalue weighted by Crippen LogP contribution is -1.99. The van der Waals surface area contributed by atoms with Crippen LogP contribution in [0, 0.1) is 12.8 Å². The molecule has 1 heteroatoms. The molecule has 0 fully saturated rings. The third-order valence-corrected chi connectivity index (χ3v) is 3.19. The van der Waals surface area contributed by atoms with Crippen LogP contribution in [0.2, 0.25) is 0 Å². The van der Waals surface area contributed by atoms with Gasteiger partial charge in [-0.05, 0) is 42.5 Å². The highest BCUT2D eigenvalue weighted by Crippen LogP contribution is 2.33. The van der Waals surface area contributed by atoms with Gasteiger partial charge in [-0.1, -0.05) is 43.4 Å². The molecule has 1 aromatic carbocycles. The summed E-state index contributed by atoms with van der Waals surface area (Å²) in [6.07, 6.45) is 8.76. The first-order chi connectivity index (χ1) is 8.09. The van der Waals surface area contributed by atoms with Crippen LogP contribution in [-0.2, 0) is 0 Å². The second kappa shape index (κ2) is 4.62. The maximum Gasteiger partial charge on any atom is 0.0396 e. The lowest BCUT2D eigenvalue weighted by atomic mass is 9.92. The minimum Gasteiger partial charge on any atom is -0.398 e. The molecule has 0 saturated carbocycles. The van der Waals surface area contributed by atoms with Crippen molar-refractivity contribution in [2.24, 2.45) is 5.92 Å². The van der Waals surface area contributed by atoms with Gasteiger partial charge < -0.3 is 5.73 Å². The zero-order valence-electron chi connectivity index (χ0n) is 10.7. The Morgan fingerprint density at radius 3 is 2.65 bits per heavy atom. The molecule has 1 atom stereocenters. The summed E-state index contributed by atoms with van der Waals surface area (Å²) in [5, 5.41) is 0. The quantitative estimate of drug-likeness (QED) is 0.715. The molecule has 0 bridgehead atoms. The smallest absolute Gasteiger partial charge is 0.0396 e. The standard InChI is InChI=1S/C16H19N/c1-11-6-4-7-12(2)14(10-11)16-13(3)8-5-9-15(16)17/h4-11H,17H2,1-3H3/t11-/m1/s1. The number of hydrogen-bond acceptors (Lipinski definition) is 1. The number of allylic oxidation sites excluding steroid dienone is 6. The monoisotopic (exact) mass is 225 g/mol. The van der Waals surface area contributed by atoms with Crippen molar-refractivity contribution >= 4 is 11.3 Å². The Labute approximate surface area is 103 Å². The minimum absolute atomic E-state index is 0.442. The Morgan fingerprint density at radius 1 is 1.18 bits per heavy atom. The van der Waals surface area contributed by atoms with E-state index in [0.29, 0.717) is 5.92 Å². The number of nitrogen functional groups attached to an aromatic ring is 1. The zero-order valence-corrected chi connectivity index (χ0v) is 10.7. The van der Waals surface area contributed by atoms with Gasteiger partial charge in [-0.3, -0.25) is 0 Å². The Bertz CT molecular complexity index is 498. The van der Waals surface area contributed by atoms with Gasteiger partial charge in [0.1, 0.15) is 0 Å². The second-order valence-electron chi connectivity index (χ2n) is 4.71. The van der Waals surface area contributed by atoms with Crippen molar-refractivity contribution in [1.29, 1.82) is 0 Å². The van der Waals surface area contributed by atoms with Gasteiger partial charge in [-0.25, -0.2) is 0 Å². The van der Waals surface area contributed by atoms with E-state index in [-0.39, 0.29) is 0 Å². The summed E-state index contributed by atoms with van der Waals surface area (Å²) in [5.41, 5.74) is 11.9. The number of benzene rings is 1. The van der Waals surface area contributed by atoms with E-state index in [2.05, 4.69) is 51.1 Å². The van der Waals surface area contributed by atoms with Crippen molar-refractivity contribution in [2.45, 2.75) is 20.8 Å². The molecule has 0 aliphatic heterocycles. The van der Waals surface area contributed by atoms with Crippen LogP contribution in [0.15, 0.2) is 48.1 Å². The van der Waals surface area contributed by atoms with E-state index in [1.54, 1.807) is 0 Å². The summed E-state index contributed by atoms with van der Waals surface area (Å²) in [6, 6.07) is 6.09. The topological polar surface area (TPSA) is 26.0 Å². The predicted octanol–water partition coefficient (Wildman–Crippen LogP) is 4.11. The number of anilines is 1. The molecule has 0 spiro atoms. The van der Waals surface area contributed by atoms with Crippen LogP contribution >= 0.6 is 0 Å². The zero-order chi connectivity index (χ0) is 12.4. The van der Waals surface area contributed by atoms with Gasteiger partial charge in [0.2, 0.25) is 0 Å². The molecule has 88 valence electrons. The van der Waals surface area contributed by atoms with Crippen molar-refractivity contribution in [3.8, 4) is 0 Å². The first-order valence-corrected chi connectivity index (χ1v) is 6.02. The normalized spacial score (nSPS) is 19.6. The molecule has 2 rings (SSSR count). The van der Waals surface area contributed by atoms with Crippen LogP contribution in [0.4, 0.5) is 5.69 Å². The van der Waals surface area contributed by atoms with E-state index < -0.39 is 0 Å². The number of aryl methyl sites for hydroxylation is 1. The molecule has 0 aromatic heterocycles. The summed E-state index contributed by atoms with van der Waals surface area (Å²) in [4.78, 5) is 0. The molecule has 1 nitrogen and oxygen atoms in total.